The highest BCUT2D eigenvalue weighted by Gasteiger charge is 2.43. The number of amides is 1. The molecule has 1 aromatic carbocycles. The number of carbonyl (C=O) groups excluding carboxylic acids is 1. The van der Waals surface area contributed by atoms with E-state index in [1.807, 2.05) is 25.1 Å². The predicted octanol–water partition coefficient (Wildman–Crippen LogP) is 4.96. The molecule has 3 fully saturated rings. The second-order valence-electron chi connectivity index (χ2n) is 10.4. The van der Waals surface area contributed by atoms with Gasteiger partial charge in [-0.25, -0.2) is 0 Å². The number of ether oxygens (including phenoxy) is 2. The number of alkyl halides is 3. The van der Waals surface area contributed by atoms with Crippen LogP contribution < -0.4 is 10.1 Å². The van der Waals surface area contributed by atoms with Gasteiger partial charge in [0.1, 0.15) is 11.4 Å². The molecule has 0 spiro atoms. The van der Waals surface area contributed by atoms with Gasteiger partial charge in [-0.1, -0.05) is 0 Å². The summed E-state index contributed by atoms with van der Waals surface area (Å²) in [4.78, 5) is 17.5. The standard InChI is InChI=1S/C25H32F3N3O3/c1-24(6-2-7-34-24)23(32)30-22-12-29-21-4-3-19(11-20(21)22)33-8-5-16-9-17-13-31(14-18(17)10-16)15-25(26,27)28/h3-4,11-12,16-18,29H,2,5-10,13-15H2,1H3,(H,30,32)/t16?,17-,18+,24?. The van der Waals surface area contributed by atoms with Crippen LogP contribution in [0.2, 0.25) is 0 Å². The third-order valence-corrected chi connectivity index (χ3v) is 7.72. The van der Waals surface area contributed by atoms with Gasteiger partial charge >= 0.3 is 6.18 Å². The third-order valence-electron chi connectivity index (χ3n) is 7.72. The van der Waals surface area contributed by atoms with Crippen molar-refractivity contribution in [3.63, 3.8) is 0 Å². The summed E-state index contributed by atoms with van der Waals surface area (Å²) in [5.74, 6) is 1.85. The van der Waals surface area contributed by atoms with Gasteiger partial charge in [-0.15, -0.1) is 0 Å². The summed E-state index contributed by atoms with van der Waals surface area (Å²) in [5.41, 5.74) is 0.822. The minimum absolute atomic E-state index is 0.141. The number of H-pyrrole nitrogens is 1. The van der Waals surface area contributed by atoms with Crippen LogP contribution in [-0.2, 0) is 9.53 Å². The smallest absolute Gasteiger partial charge is 0.401 e. The number of nitrogens with one attached hydrogen (secondary N) is 2. The van der Waals surface area contributed by atoms with E-state index >= 15 is 0 Å². The van der Waals surface area contributed by atoms with Gasteiger partial charge in [-0.2, -0.15) is 13.2 Å². The highest BCUT2D eigenvalue weighted by Crippen LogP contribution is 2.43. The molecule has 1 saturated carbocycles. The van der Waals surface area contributed by atoms with Gasteiger partial charge in [0, 0.05) is 36.8 Å². The molecule has 2 aliphatic heterocycles. The lowest BCUT2D eigenvalue weighted by Gasteiger charge is -2.21. The summed E-state index contributed by atoms with van der Waals surface area (Å²) in [6.45, 7) is 3.33. The van der Waals surface area contributed by atoms with Crippen molar-refractivity contribution in [3.05, 3.63) is 24.4 Å². The topological polar surface area (TPSA) is 66.6 Å². The second-order valence-corrected chi connectivity index (χ2v) is 10.4. The zero-order valence-corrected chi connectivity index (χ0v) is 19.4. The fourth-order valence-electron chi connectivity index (χ4n) is 5.99. The number of aromatic amines is 1. The first kappa shape index (κ1) is 23.5. The van der Waals surface area contributed by atoms with Crippen LogP contribution in [0, 0.1) is 17.8 Å². The Morgan fingerprint density at radius 2 is 2.06 bits per heavy atom. The predicted molar refractivity (Wildman–Crippen MR) is 123 cm³/mol. The number of likely N-dealkylation sites (tertiary alicyclic amines) is 1. The number of carbonyl (C=O) groups is 1. The Morgan fingerprint density at radius 1 is 1.29 bits per heavy atom. The molecule has 0 bridgehead atoms. The van der Waals surface area contributed by atoms with E-state index in [-0.39, 0.29) is 5.91 Å². The van der Waals surface area contributed by atoms with Crippen LogP contribution in [0.1, 0.15) is 39.0 Å². The summed E-state index contributed by atoms with van der Waals surface area (Å²) in [6.07, 6.45) is 2.12. The number of halogens is 3. The molecule has 1 amide bonds. The third kappa shape index (κ3) is 5.05. The summed E-state index contributed by atoms with van der Waals surface area (Å²) < 4.78 is 49.6. The number of benzene rings is 1. The number of nitrogens with zero attached hydrogens (tertiary/aromatic N) is 1. The Labute approximate surface area is 197 Å². The van der Waals surface area contributed by atoms with E-state index in [4.69, 9.17) is 9.47 Å². The highest BCUT2D eigenvalue weighted by atomic mass is 19.4. The zero-order chi connectivity index (χ0) is 23.9. The average molecular weight is 480 g/mol. The first-order valence-corrected chi connectivity index (χ1v) is 12.2. The number of anilines is 1. The fourth-order valence-corrected chi connectivity index (χ4v) is 5.99. The SMILES string of the molecule is CC1(C(=O)Nc2c[nH]c3ccc(OCCC4C[C@@H]5CN(CC(F)(F)F)C[C@@H]5C4)cc23)CCCO1. The maximum absolute atomic E-state index is 12.7. The van der Waals surface area contributed by atoms with Gasteiger partial charge in [0.25, 0.3) is 5.91 Å². The number of aromatic nitrogens is 1. The lowest BCUT2D eigenvalue weighted by Crippen LogP contribution is -2.39. The maximum Gasteiger partial charge on any atom is 0.401 e. The molecule has 2 N–H and O–H groups in total. The fraction of sp³-hybridized carbons (Fsp3) is 0.640. The molecule has 6 nitrogen and oxygen atoms in total. The summed E-state index contributed by atoms with van der Waals surface area (Å²) in [5, 5.41) is 3.87. The van der Waals surface area contributed by atoms with Gasteiger partial charge < -0.3 is 19.8 Å². The summed E-state index contributed by atoms with van der Waals surface area (Å²) in [7, 11) is 0. The number of hydrogen-bond donors (Lipinski definition) is 2. The second kappa shape index (κ2) is 9.07. The molecule has 2 unspecified atom stereocenters. The molecule has 186 valence electrons. The van der Waals surface area contributed by atoms with E-state index < -0.39 is 18.3 Å². The van der Waals surface area contributed by atoms with Gasteiger partial charge in [-0.05, 0) is 75.0 Å². The molecule has 1 aliphatic carbocycles. The Kier molecular flexibility index (Phi) is 6.27. The van der Waals surface area contributed by atoms with E-state index in [0.717, 1.165) is 42.3 Å². The van der Waals surface area contributed by atoms with E-state index in [1.54, 1.807) is 11.1 Å². The van der Waals surface area contributed by atoms with Crippen LogP contribution in [0.5, 0.6) is 5.75 Å². The molecule has 1 aromatic heterocycles. The highest BCUT2D eigenvalue weighted by molar-refractivity contribution is 6.04. The molecule has 3 aliphatic rings. The first-order chi connectivity index (χ1) is 16.2. The Balaban J connectivity index is 1.12. The lowest BCUT2D eigenvalue weighted by atomic mass is 10.0. The molecule has 4 atom stereocenters. The van der Waals surface area contributed by atoms with Gasteiger partial charge in [-0.3, -0.25) is 9.69 Å². The maximum atomic E-state index is 12.7. The molecule has 34 heavy (non-hydrogen) atoms. The molecule has 0 radical (unpaired) electrons. The molecule has 5 rings (SSSR count). The van der Waals surface area contributed by atoms with Gasteiger partial charge in [0.05, 0.1) is 18.8 Å². The molecular formula is C25H32F3N3O3. The summed E-state index contributed by atoms with van der Waals surface area (Å²) >= 11 is 0. The normalized spacial score (nSPS) is 29.6. The van der Waals surface area contributed by atoms with Crippen LogP contribution in [-0.4, -0.2) is 60.4 Å². The van der Waals surface area contributed by atoms with Crippen molar-refractivity contribution in [2.45, 2.75) is 50.8 Å². The van der Waals surface area contributed by atoms with Crippen molar-refractivity contribution in [1.82, 2.24) is 9.88 Å². The van der Waals surface area contributed by atoms with Crippen molar-refractivity contribution < 1.29 is 27.4 Å². The van der Waals surface area contributed by atoms with Gasteiger partial charge in [0.15, 0.2) is 0 Å². The molecule has 3 heterocycles. The average Bonchev–Trinajstić information content (AvgIpc) is 3.52. The Hall–Kier alpha value is -2.26. The number of fused-ring (bicyclic) bond motifs is 2. The van der Waals surface area contributed by atoms with Crippen LogP contribution in [0.25, 0.3) is 10.9 Å². The van der Waals surface area contributed by atoms with Crippen LogP contribution in [0.15, 0.2) is 24.4 Å². The Bertz CT molecular complexity index is 1020. The summed E-state index contributed by atoms with van der Waals surface area (Å²) in [6, 6.07) is 5.77. The number of hydrogen-bond acceptors (Lipinski definition) is 4. The minimum Gasteiger partial charge on any atom is -0.494 e. The van der Waals surface area contributed by atoms with Crippen molar-refractivity contribution in [3.8, 4) is 5.75 Å². The zero-order valence-electron chi connectivity index (χ0n) is 19.4. The van der Waals surface area contributed by atoms with Crippen molar-refractivity contribution in [2.75, 3.05) is 38.2 Å². The quantitative estimate of drug-likeness (QED) is 0.589. The lowest BCUT2D eigenvalue weighted by molar-refractivity contribution is -0.144. The Morgan fingerprint density at radius 3 is 2.74 bits per heavy atom. The molecular weight excluding hydrogens is 447 g/mol. The minimum atomic E-state index is -4.11. The van der Waals surface area contributed by atoms with Crippen molar-refractivity contribution in [2.24, 2.45) is 17.8 Å². The van der Waals surface area contributed by atoms with Crippen molar-refractivity contribution >= 4 is 22.5 Å². The molecule has 9 heteroatoms. The van der Waals surface area contributed by atoms with E-state index in [2.05, 4.69) is 10.3 Å². The van der Waals surface area contributed by atoms with E-state index in [0.29, 0.717) is 56.2 Å². The first-order valence-electron chi connectivity index (χ1n) is 12.2. The van der Waals surface area contributed by atoms with Crippen LogP contribution >= 0.6 is 0 Å². The monoisotopic (exact) mass is 479 g/mol. The van der Waals surface area contributed by atoms with Gasteiger partial charge in [0.2, 0.25) is 0 Å². The van der Waals surface area contributed by atoms with Crippen LogP contribution in [0.3, 0.4) is 0 Å². The number of rotatable bonds is 7. The van der Waals surface area contributed by atoms with Crippen molar-refractivity contribution in [1.29, 1.82) is 0 Å². The van der Waals surface area contributed by atoms with Crippen LogP contribution in [0.4, 0.5) is 18.9 Å². The molecule has 2 aromatic rings. The van der Waals surface area contributed by atoms with E-state index in [9.17, 15) is 18.0 Å². The largest absolute Gasteiger partial charge is 0.494 e. The van der Waals surface area contributed by atoms with E-state index in [1.165, 1.54) is 0 Å². The molecule has 2 saturated heterocycles.